The fourth-order valence-electron chi connectivity index (χ4n) is 2.01. The Morgan fingerprint density at radius 3 is 2.94 bits per heavy atom. The number of carbonyl (C=O) groups is 1. The van der Waals surface area contributed by atoms with Crippen LogP contribution in [-0.4, -0.2) is 34.9 Å². The highest BCUT2D eigenvalue weighted by Crippen LogP contribution is 2.17. The van der Waals surface area contributed by atoms with Crippen molar-refractivity contribution in [1.82, 2.24) is 9.88 Å². The van der Waals surface area contributed by atoms with Crippen molar-refractivity contribution in [3.63, 3.8) is 0 Å². The summed E-state index contributed by atoms with van der Waals surface area (Å²) in [6.45, 7) is 3.47. The molecule has 5 heteroatoms. The van der Waals surface area contributed by atoms with E-state index in [1.165, 1.54) is 6.20 Å². The molecule has 1 fully saturated rings. The SMILES string of the molecule is CC1CN(C(=O)c2ccc(Cl)cn2)CCC1N. The molecule has 0 aliphatic carbocycles. The van der Waals surface area contributed by atoms with Crippen LogP contribution in [0.15, 0.2) is 18.3 Å². The van der Waals surface area contributed by atoms with Crippen molar-refractivity contribution in [1.29, 1.82) is 0 Å². The number of pyridine rings is 1. The second kappa shape index (κ2) is 5.02. The molecule has 17 heavy (non-hydrogen) atoms. The van der Waals surface area contributed by atoms with E-state index in [1.54, 1.807) is 12.1 Å². The average Bonchev–Trinajstić information content (AvgIpc) is 2.33. The number of hydrogen-bond acceptors (Lipinski definition) is 3. The lowest BCUT2D eigenvalue weighted by Crippen LogP contribution is -2.48. The van der Waals surface area contributed by atoms with Gasteiger partial charge in [-0.2, -0.15) is 0 Å². The Kier molecular flexibility index (Phi) is 3.64. The highest BCUT2D eigenvalue weighted by atomic mass is 35.5. The zero-order chi connectivity index (χ0) is 12.4. The van der Waals surface area contributed by atoms with Crippen LogP contribution in [0.2, 0.25) is 5.02 Å². The first kappa shape index (κ1) is 12.3. The van der Waals surface area contributed by atoms with Crippen LogP contribution >= 0.6 is 11.6 Å². The lowest BCUT2D eigenvalue weighted by atomic mass is 9.94. The largest absolute Gasteiger partial charge is 0.337 e. The topological polar surface area (TPSA) is 59.2 Å². The van der Waals surface area contributed by atoms with Crippen molar-refractivity contribution >= 4 is 17.5 Å². The monoisotopic (exact) mass is 253 g/mol. The van der Waals surface area contributed by atoms with E-state index in [9.17, 15) is 4.79 Å². The lowest BCUT2D eigenvalue weighted by molar-refractivity contribution is 0.0658. The van der Waals surface area contributed by atoms with Gasteiger partial charge in [0, 0.05) is 25.3 Å². The molecule has 2 heterocycles. The van der Waals surface area contributed by atoms with Gasteiger partial charge in [-0.3, -0.25) is 4.79 Å². The molecular formula is C12H16ClN3O. The molecule has 2 unspecified atom stereocenters. The number of likely N-dealkylation sites (tertiary alicyclic amines) is 1. The minimum absolute atomic E-state index is 0.0413. The number of rotatable bonds is 1. The van der Waals surface area contributed by atoms with Crippen LogP contribution in [0, 0.1) is 5.92 Å². The van der Waals surface area contributed by atoms with Gasteiger partial charge in [-0.25, -0.2) is 4.98 Å². The number of halogens is 1. The number of carbonyl (C=O) groups excluding carboxylic acids is 1. The van der Waals surface area contributed by atoms with Crippen LogP contribution in [-0.2, 0) is 0 Å². The number of nitrogens with zero attached hydrogens (tertiary/aromatic N) is 2. The Labute approximate surface area is 106 Å². The maximum Gasteiger partial charge on any atom is 0.272 e. The zero-order valence-corrected chi connectivity index (χ0v) is 10.5. The lowest BCUT2D eigenvalue weighted by Gasteiger charge is -2.34. The van der Waals surface area contributed by atoms with Crippen molar-refractivity contribution in [2.24, 2.45) is 11.7 Å². The summed E-state index contributed by atoms with van der Waals surface area (Å²) in [5.41, 5.74) is 6.37. The molecule has 0 spiro atoms. The number of aromatic nitrogens is 1. The summed E-state index contributed by atoms with van der Waals surface area (Å²) < 4.78 is 0. The molecule has 1 aliphatic heterocycles. The highest BCUT2D eigenvalue weighted by molar-refractivity contribution is 6.30. The van der Waals surface area contributed by atoms with Gasteiger partial charge in [-0.15, -0.1) is 0 Å². The van der Waals surface area contributed by atoms with Crippen molar-refractivity contribution in [2.45, 2.75) is 19.4 Å². The summed E-state index contributed by atoms with van der Waals surface area (Å²) in [5.74, 6) is 0.292. The van der Waals surface area contributed by atoms with Gasteiger partial charge >= 0.3 is 0 Å². The Balaban J connectivity index is 2.08. The zero-order valence-electron chi connectivity index (χ0n) is 9.77. The normalized spacial score (nSPS) is 24.8. The molecule has 2 N–H and O–H groups in total. The van der Waals surface area contributed by atoms with Gasteiger partial charge in [-0.05, 0) is 24.5 Å². The van der Waals surface area contributed by atoms with Gasteiger partial charge in [0.15, 0.2) is 0 Å². The van der Waals surface area contributed by atoms with E-state index < -0.39 is 0 Å². The fraction of sp³-hybridized carbons (Fsp3) is 0.500. The first-order chi connectivity index (χ1) is 8.08. The standard InChI is InChI=1S/C12H16ClN3O/c1-8-7-16(5-4-10(8)14)12(17)11-3-2-9(13)6-15-11/h2-3,6,8,10H,4-5,7,14H2,1H3. The van der Waals surface area contributed by atoms with E-state index in [0.717, 1.165) is 6.42 Å². The fourth-order valence-corrected chi connectivity index (χ4v) is 2.12. The van der Waals surface area contributed by atoms with Crippen molar-refractivity contribution in [3.8, 4) is 0 Å². The Morgan fingerprint density at radius 2 is 2.35 bits per heavy atom. The van der Waals surface area contributed by atoms with Crippen LogP contribution in [0.1, 0.15) is 23.8 Å². The molecule has 1 aromatic rings. The average molecular weight is 254 g/mol. The van der Waals surface area contributed by atoms with E-state index in [-0.39, 0.29) is 11.9 Å². The molecule has 2 rings (SSSR count). The van der Waals surface area contributed by atoms with Crippen LogP contribution in [0.25, 0.3) is 0 Å². The van der Waals surface area contributed by atoms with E-state index in [2.05, 4.69) is 11.9 Å². The van der Waals surface area contributed by atoms with Crippen LogP contribution < -0.4 is 5.73 Å². The molecular weight excluding hydrogens is 238 g/mol. The second-order valence-corrected chi connectivity index (χ2v) is 4.98. The van der Waals surface area contributed by atoms with Gasteiger partial charge in [0.05, 0.1) is 5.02 Å². The molecule has 1 aliphatic rings. The quantitative estimate of drug-likeness (QED) is 0.826. The molecule has 0 radical (unpaired) electrons. The van der Waals surface area contributed by atoms with Gasteiger partial charge in [0.2, 0.25) is 0 Å². The third-order valence-corrected chi connectivity index (χ3v) is 3.43. The van der Waals surface area contributed by atoms with Crippen molar-refractivity contribution < 1.29 is 4.79 Å². The molecule has 1 saturated heterocycles. The molecule has 4 nitrogen and oxygen atoms in total. The molecule has 0 aromatic carbocycles. The Hall–Kier alpha value is -1.13. The first-order valence-corrected chi connectivity index (χ1v) is 6.12. The maximum atomic E-state index is 12.1. The van der Waals surface area contributed by atoms with Gasteiger partial charge < -0.3 is 10.6 Å². The summed E-state index contributed by atoms with van der Waals surface area (Å²) in [7, 11) is 0. The minimum atomic E-state index is -0.0413. The summed E-state index contributed by atoms with van der Waals surface area (Å²) in [6.07, 6.45) is 2.34. The Morgan fingerprint density at radius 1 is 1.59 bits per heavy atom. The predicted octanol–water partition coefficient (Wildman–Crippen LogP) is 1.54. The molecule has 1 aromatic heterocycles. The number of piperidine rings is 1. The van der Waals surface area contributed by atoms with Crippen LogP contribution in [0.5, 0.6) is 0 Å². The number of amides is 1. The van der Waals surface area contributed by atoms with Gasteiger partial charge in [0.1, 0.15) is 5.69 Å². The third kappa shape index (κ3) is 2.76. The summed E-state index contributed by atoms with van der Waals surface area (Å²) in [6, 6.07) is 3.53. The molecule has 2 atom stereocenters. The number of hydrogen-bond donors (Lipinski definition) is 1. The first-order valence-electron chi connectivity index (χ1n) is 5.74. The molecule has 1 amide bonds. The van der Waals surface area contributed by atoms with Crippen LogP contribution in [0.4, 0.5) is 0 Å². The smallest absolute Gasteiger partial charge is 0.272 e. The van der Waals surface area contributed by atoms with Gasteiger partial charge in [-0.1, -0.05) is 18.5 Å². The highest BCUT2D eigenvalue weighted by Gasteiger charge is 2.27. The second-order valence-electron chi connectivity index (χ2n) is 4.54. The Bertz CT molecular complexity index is 407. The predicted molar refractivity (Wildman–Crippen MR) is 66.9 cm³/mol. The summed E-state index contributed by atoms with van der Waals surface area (Å²) >= 11 is 5.74. The summed E-state index contributed by atoms with van der Waals surface area (Å²) in [4.78, 5) is 18.0. The van der Waals surface area contributed by atoms with E-state index >= 15 is 0 Å². The number of nitrogens with two attached hydrogens (primary N) is 1. The van der Waals surface area contributed by atoms with E-state index in [0.29, 0.717) is 29.7 Å². The van der Waals surface area contributed by atoms with Crippen LogP contribution in [0.3, 0.4) is 0 Å². The van der Waals surface area contributed by atoms with Crippen molar-refractivity contribution in [3.05, 3.63) is 29.0 Å². The van der Waals surface area contributed by atoms with Gasteiger partial charge in [0.25, 0.3) is 5.91 Å². The van der Waals surface area contributed by atoms with Crippen molar-refractivity contribution in [2.75, 3.05) is 13.1 Å². The minimum Gasteiger partial charge on any atom is -0.337 e. The molecule has 92 valence electrons. The maximum absolute atomic E-state index is 12.1. The summed E-state index contributed by atoms with van der Waals surface area (Å²) in [5, 5.41) is 0.538. The third-order valence-electron chi connectivity index (χ3n) is 3.21. The molecule has 0 saturated carbocycles. The van der Waals surface area contributed by atoms with E-state index in [4.69, 9.17) is 17.3 Å². The van der Waals surface area contributed by atoms with E-state index in [1.807, 2.05) is 4.90 Å². The molecule has 0 bridgehead atoms.